The Balaban J connectivity index is 1.89. The summed E-state index contributed by atoms with van der Waals surface area (Å²) in [4.78, 5) is 2.77. The summed E-state index contributed by atoms with van der Waals surface area (Å²) in [6.07, 6.45) is 3.84. The van der Waals surface area contributed by atoms with Crippen molar-refractivity contribution in [2.45, 2.75) is 38.0 Å². The molecule has 1 aromatic rings. The summed E-state index contributed by atoms with van der Waals surface area (Å²) in [6, 6.07) is 5.11. The summed E-state index contributed by atoms with van der Waals surface area (Å²) in [5, 5.41) is 0. The van der Waals surface area contributed by atoms with Gasteiger partial charge in [-0.3, -0.25) is 0 Å². The van der Waals surface area contributed by atoms with Gasteiger partial charge in [-0.2, -0.15) is 0 Å². The number of hydrogen-bond acceptors (Lipinski definition) is 3. The zero-order chi connectivity index (χ0) is 16.2. The Hall–Kier alpha value is -0.430. The minimum absolute atomic E-state index is 0.310. The molecule has 6 heteroatoms. The molecule has 1 unspecified atom stereocenters. The van der Waals surface area contributed by atoms with Gasteiger partial charge in [-0.05, 0) is 62.5 Å². The van der Waals surface area contributed by atoms with Crippen LogP contribution < -0.4 is 4.72 Å². The number of likely N-dealkylation sites (tertiary alicyclic amines) is 1. The van der Waals surface area contributed by atoms with E-state index in [1.807, 2.05) is 6.92 Å². The monoisotopic (exact) mass is 388 g/mol. The third kappa shape index (κ3) is 5.05. The van der Waals surface area contributed by atoms with Crippen LogP contribution in [0.25, 0.3) is 0 Å². The van der Waals surface area contributed by atoms with Gasteiger partial charge in [0.1, 0.15) is 0 Å². The Morgan fingerprint density at radius 2 is 1.95 bits per heavy atom. The van der Waals surface area contributed by atoms with E-state index in [1.54, 1.807) is 18.2 Å². The number of hydrogen-bond donors (Lipinski definition) is 1. The van der Waals surface area contributed by atoms with Crippen LogP contribution in [0.15, 0.2) is 27.6 Å². The molecular formula is C16H25BrN2O2S. The van der Waals surface area contributed by atoms with Gasteiger partial charge >= 0.3 is 0 Å². The van der Waals surface area contributed by atoms with Gasteiger partial charge < -0.3 is 4.90 Å². The van der Waals surface area contributed by atoms with Crippen molar-refractivity contribution in [3.05, 3.63) is 28.2 Å². The van der Waals surface area contributed by atoms with Crippen molar-refractivity contribution in [3.8, 4) is 0 Å². The SMILES string of the molecule is Cc1cc(S(=O)(=O)NCC(C)CN2CCCCC2)ccc1Br. The largest absolute Gasteiger partial charge is 0.303 e. The fourth-order valence-corrected chi connectivity index (χ4v) is 4.26. The fraction of sp³-hybridized carbons (Fsp3) is 0.625. The van der Waals surface area contributed by atoms with E-state index in [0.29, 0.717) is 17.4 Å². The van der Waals surface area contributed by atoms with Crippen LogP contribution in [0.2, 0.25) is 0 Å². The summed E-state index contributed by atoms with van der Waals surface area (Å²) < 4.78 is 28.4. The van der Waals surface area contributed by atoms with E-state index >= 15 is 0 Å². The number of rotatable bonds is 6. The molecule has 1 aliphatic heterocycles. The molecule has 1 aliphatic rings. The number of aryl methyl sites for hydroxylation is 1. The topological polar surface area (TPSA) is 49.4 Å². The van der Waals surface area contributed by atoms with Crippen LogP contribution >= 0.6 is 15.9 Å². The third-order valence-corrected chi connectivity index (χ3v) is 6.39. The van der Waals surface area contributed by atoms with Crippen molar-refractivity contribution in [1.29, 1.82) is 0 Å². The van der Waals surface area contributed by atoms with Crippen LogP contribution in [0, 0.1) is 12.8 Å². The third-order valence-electron chi connectivity index (χ3n) is 4.08. The normalized spacial score (nSPS) is 18.3. The summed E-state index contributed by atoms with van der Waals surface area (Å²) in [6.45, 7) is 7.72. The van der Waals surface area contributed by atoms with Crippen LogP contribution in [0.3, 0.4) is 0 Å². The molecule has 0 amide bonds. The number of nitrogens with one attached hydrogen (secondary N) is 1. The first kappa shape index (κ1) is 17.9. The van der Waals surface area contributed by atoms with Gasteiger partial charge in [0, 0.05) is 17.6 Å². The first-order valence-electron chi connectivity index (χ1n) is 7.86. The number of benzene rings is 1. The van der Waals surface area contributed by atoms with Crippen molar-refractivity contribution in [2.75, 3.05) is 26.2 Å². The highest BCUT2D eigenvalue weighted by Crippen LogP contribution is 2.20. The van der Waals surface area contributed by atoms with Crippen LogP contribution in [-0.4, -0.2) is 39.5 Å². The molecule has 1 heterocycles. The molecule has 124 valence electrons. The van der Waals surface area contributed by atoms with E-state index in [-0.39, 0.29) is 0 Å². The standard InChI is InChI=1S/C16H25BrN2O2S/c1-13(12-19-8-4-3-5-9-19)11-18-22(20,21)15-6-7-16(17)14(2)10-15/h6-7,10,13,18H,3-5,8-9,11-12H2,1-2H3. The molecule has 1 aromatic carbocycles. The van der Waals surface area contributed by atoms with Crippen molar-refractivity contribution in [1.82, 2.24) is 9.62 Å². The Labute approximate surface area is 142 Å². The molecule has 1 fully saturated rings. The summed E-state index contributed by atoms with van der Waals surface area (Å²) in [5.41, 5.74) is 0.921. The minimum Gasteiger partial charge on any atom is -0.303 e. The maximum Gasteiger partial charge on any atom is 0.240 e. The molecule has 1 atom stereocenters. The lowest BCUT2D eigenvalue weighted by molar-refractivity contribution is 0.201. The van der Waals surface area contributed by atoms with E-state index in [9.17, 15) is 8.42 Å². The van der Waals surface area contributed by atoms with Crippen LogP contribution in [0.5, 0.6) is 0 Å². The second-order valence-electron chi connectivity index (χ2n) is 6.23. The number of nitrogens with zero attached hydrogens (tertiary/aromatic N) is 1. The van der Waals surface area contributed by atoms with E-state index in [2.05, 4.69) is 32.5 Å². The minimum atomic E-state index is -3.42. The summed E-state index contributed by atoms with van der Waals surface area (Å²) in [7, 11) is -3.42. The molecule has 0 spiro atoms. The molecule has 22 heavy (non-hydrogen) atoms. The summed E-state index contributed by atoms with van der Waals surface area (Å²) in [5.74, 6) is 0.310. The molecule has 4 nitrogen and oxygen atoms in total. The quantitative estimate of drug-likeness (QED) is 0.813. The Morgan fingerprint density at radius 3 is 2.59 bits per heavy atom. The highest BCUT2D eigenvalue weighted by molar-refractivity contribution is 9.10. The summed E-state index contributed by atoms with van der Waals surface area (Å²) >= 11 is 3.39. The van der Waals surface area contributed by atoms with Gasteiger partial charge in [0.25, 0.3) is 0 Å². The Kier molecular flexibility index (Phi) is 6.44. The van der Waals surface area contributed by atoms with Crippen LogP contribution in [-0.2, 0) is 10.0 Å². The van der Waals surface area contributed by atoms with E-state index in [4.69, 9.17) is 0 Å². The van der Waals surface area contributed by atoms with Crippen molar-refractivity contribution in [2.24, 2.45) is 5.92 Å². The van der Waals surface area contributed by atoms with Gasteiger partial charge in [-0.15, -0.1) is 0 Å². The molecular weight excluding hydrogens is 364 g/mol. The zero-order valence-corrected chi connectivity index (χ0v) is 15.7. The van der Waals surface area contributed by atoms with E-state index < -0.39 is 10.0 Å². The predicted molar refractivity (Wildman–Crippen MR) is 93.5 cm³/mol. The lowest BCUT2D eigenvalue weighted by Crippen LogP contribution is -2.38. The van der Waals surface area contributed by atoms with E-state index in [1.165, 1.54) is 19.3 Å². The second-order valence-corrected chi connectivity index (χ2v) is 8.85. The number of halogens is 1. The molecule has 1 saturated heterocycles. The van der Waals surface area contributed by atoms with Gasteiger partial charge in [0.05, 0.1) is 4.90 Å². The van der Waals surface area contributed by atoms with Gasteiger partial charge in [-0.1, -0.05) is 29.3 Å². The number of piperidine rings is 1. The molecule has 1 N–H and O–H groups in total. The van der Waals surface area contributed by atoms with Gasteiger partial charge in [0.15, 0.2) is 0 Å². The molecule has 0 aromatic heterocycles. The van der Waals surface area contributed by atoms with E-state index in [0.717, 1.165) is 29.7 Å². The maximum atomic E-state index is 12.4. The lowest BCUT2D eigenvalue weighted by Gasteiger charge is -2.29. The van der Waals surface area contributed by atoms with Crippen molar-refractivity contribution >= 4 is 26.0 Å². The Morgan fingerprint density at radius 1 is 1.27 bits per heavy atom. The van der Waals surface area contributed by atoms with Gasteiger partial charge in [0.2, 0.25) is 10.0 Å². The molecule has 2 rings (SSSR count). The van der Waals surface area contributed by atoms with Crippen LogP contribution in [0.1, 0.15) is 31.7 Å². The van der Waals surface area contributed by atoms with Crippen molar-refractivity contribution in [3.63, 3.8) is 0 Å². The average molecular weight is 389 g/mol. The highest BCUT2D eigenvalue weighted by atomic mass is 79.9. The average Bonchev–Trinajstić information content (AvgIpc) is 2.49. The van der Waals surface area contributed by atoms with Gasteiger partial charge in [-0.25, -0.2) is 13.1 Å². The molecule has 0 saturated carbocycles. The smallest absolute Gasteiger partial charge is 0.240 e. The molecule has 0 bridgehead atoms. The molecule has 0 aliphatic carbocycles. The zero-order valence-electron chi connectivity index (χ0n) is 13.3. The second kappa shape index (κ2) is 7.90. The highest BCUT2D eigenvalue weighted by Gasteiger charge is 2.18. The number of sulfonamides is 1. The first-order valence-corrected chi connectivity index (χ1v) is 10.1. The molecule has 0 radical (unpaired) electrons. The van der Waals surface area contributed by atoms with Crippen LogP contribution in [0.4, 0.5) is 0 Å². The fourth-order valence-electron chi connectivity index (χ4n) is 2.77. The predicted octanol–water partition coefficient (Wildman–Crippen LogP) is 3.16. The Bertz CT molecular complexity index is 598. The first-order chi connectivity index (χ1) is 10.4. The maximum absolute atomic E-state index is 12.4. The lowest BCUT2D eigenvalue weighted by atomic mass is 10.1. The van der Waals surface area contributed by atoms with Crippen molar-refractivity contribution < 1.29 is 8.42 Å².